The number of sulfone groups is 1. The summed E-state index contributed by atoms with van der Waals surface area (Å²) in [5.74, 6) is 0.116. The van der Waals surface area contributed by atoms with Crippen molar-refractivity contribution in [2.45, 2.75) is 12.5 Å². The number of amides is 2. The van der Waals surface area contributed by atoms with Crippen molar-refractivity contribution in [2.24, 2.45) is 0 Å². The number of benzene rings is 1. The SMILES string of the molecule is CS(=O)(=O)CC1CN(C(=O)NCCc2cccc(O)c2)CCO1. The molecule has 1 atom stereocenters. The fourth-order valence-electron chi connectivity index (χ4n) is 2.48. The molecule has 0 saturated carbocycles. The minimum absolute atomic E-state index is 0.0833. The van der Waals surface area contributed by atoms with Crippen LogP contribution in [0.25, 0.3) is 0 Å². The van der Waals surface area contributed by atoms with Crippen LogP contribution in [0, 0.1) is 0 Å². The average molecular weight is 342 g/mol. The van der Waals surface area contributed by atoms with Crippen LogP contribution in [-0.2, 0) is 21.0 Å². The monoisotopic (exact) mass is 342 g/mol. The minimum Gasteiger partial charge on any atom is -0.508 e. The van der Waals surface area contributed by atoms with Crippen molar-refractivity contribution >= 4 is 15.9 Å². The molecule has 1 heterocycles. The number of phenolic OH excluding ortho intramolecular Hbond substituents is 1. The highest BCUT2D eigenvalue weighted by Gasteiger charge is 2.26. The van der Waals surface area contributed by atoms with Crippen molar-refractivity contribution in [1.29, 1.82) is 0 Å². The number of phenols is 1. The number of aromatic hydroxyl groups is 1. The molecule has 2 amide bonds. The van der Waals surface area contributed by atoms with Gasteiger partial charge in [0.15, 0.2) is 0 Å². The highest BCUT2D eigenvalue weighted by atomic mass is 32.2. The third kappa shape index (κ3) is 6.07. The summed E-state index contributed by atoms with van der Waals surface area (Å²) >= 11 is 0. The Balaban J connectivity index is 1.78. The number of nitrogens with one attached hydrogen (secondary N) is 1. The summed E-state index contributed by atoms with van der Waals surface area (Å²) in [6, 6.07) is 6.65. The Morgan fingerprint density at radius 1 is 1.48 bits per heavy atom. The van der Waals surface area contributed by atoms with Crippen LogP contribution in [0.15, 0.2) is 24.3 Å². The Hall–Kier alpha value is -1.80. The number of ether oxygens (including phenoxy) is 1. The van der Waals surface area contributed by atoms with Crippen LogP contribution in [0.3, 0.4) is 0 Å². The summed E-state index contributed by atoms with van der Waals surface area (Å²) in [6.45, 7) is 1.49. The first kappa shape index (κ1) is 17.6. The molecule has 128 valence electrons. The van der Waals surface area contributed by atoms with Crippen LogP contribution in [0.4, 0.5) is 4.79 Å². The van der Waals surface area contributed by atoms with Gasteiger partial charge in [0.25, 0.3) is 0 Å². The fraction of sp³-hybridized carbons (Fsp3) is 0.533. The number of hydrogen-bond donors (Lipinski definition) is 2. The zero-order chi connectivity index (χ0) is 16.9. The largest absolute Gasteiger partial charge is 0.508 e. The number of nitrogens with zero attached hydrogens (tertiary/aromatic N) is 1. The van der Waals surface area contributed by atoms with Gasteiger partial charge >= 0.3 is 6.03 Å². The van der Waals surface area contributed by atoms with Gasteiger partial charge in [-0.05, 0) is 24.1 Å². The Labute approximate surface area is 136 Å². The lowest BCUT2D eigenvalue weighted by molar-refractivity contribution is -0.00161. The van der Waals surface area contributed by atoms with Gasteiger partial charge in [0.2, 0.25) is 0 Å². The molecule has 0 spiro atoms. The molecule has 1 unspecified atom stereocenters. The molecule has 8 heteroatoms. The molecule has 0 bridgehead atoms. The summed E-state index contributed by atoms with van der Waals surface area (Å²) in [5, 5.41) is 12.2. The average Bonchev–Trinajstić information content (AvgIpc) is 2.45. The zero-order valence-electron chi connectivity index (χ0n) is 13.1. The number of urea groups is 1. The van der Waals surface area contributed by atoms with Crippen molar-refractivity contribution < 1.29 is 23.1 Å². The van der Waals surface area contributed by atoms with E-state index in [0.29, 0.717) is 26.1 Å². The molecule has 1 fully saturated rings. The van der Waals surface area contributed by atoms with Gasteiger partial charge in [-0.25, -0.2) is 13.2 Å². The highest BCUT2D eigenvalue weighted by molar-refractivity contribution is 7.90. The molecule has 2 N–H and O–H groups in total. The Kier molecular flexibility index (Phi) is 5.84. The van der Waals surface area contributed by atoms with Crippen LogP contribution in [0.2, 0.25) is 0 Å². The lowest BCUT2D eigenvalue weighted by atomic mass is 10.1. The van der Waals surface area contributed by atoms with Gasteiger partial charge in [-0.3, -0.25) is 0 Å². The van der Waals surface area contributed by atoms with E-state index in [0.717, 1.165) is 11.8 Å². The van der Waals surface area contributed by atoms with Crippen molar-refractivity contribution in [2.75, 3.05) is 38.2 Å². The number of hydrogen-bond acceptors (Lipinski definition) is 5. The molecule has 1 aliphatic rings. The fourth-order valence-corrected chi connectivity index (χ4v) is 3.36. The molecule has 0 radical (unpaired) electrons. The summed E-state index contributed by atoms with van der Waals surface area (Å²) in [5.41, 5.74) is 0.933. The molecule has 0 aromatic heterocycles. The van der Waals surface area contributed by atoms with Gasteiger partial charge in [-0.1, -0.05) is 12.1 Å². The van der Waals surface area contributed by atoms with Crippen molar-refractivity contribution in [3.8, 4) is 5.75 Å². The van der Waals surface area contributed by atoms with Gasteiger partial charge in [0.05, 0.1) is 18.5 Å². The predicted molar refractivity (Wildman–Crippen MR) is 86.2 cm³/mol. The minimum atomic E-state index is -3.14. The summed E-state index contributed by atoms with van der Waals surface area (Å²) in [4.78, 5) is 13.7. The maximum absolute atomic E-state index is 12.1. The molecular weight excluding hydrogens is 320 g/mol. The van der Waals surface area contributed by atoms with E-state index in [9.17, 15) is 18.3 Å². The van der Waals surface area contributed by atoms with Crippen LogP contribution in [0.5, 0.6) is 5.75 Å². The topological polar surface area (TPSA) is 95.9 Å². The molecule has 7 nitrogen and oxygen atoms in total. The van der Waals surface area contributed by atoms with Crippen molar-refractivity contribution in [1.82, 2.24) is 10.2 Å². The molecule has 23 heavy (non-hydrogen) atoms. The van der Waals surface area contributed by atoms with E-state index >= 15 is 0 Å². The number of carbonyl (C=O) groups is 1. The molecule has 0 aliphatic carbocycles. The molecule has 1 aromatic rings. The normalized spacial score (nSPS) is 18.7. The zero-order valence-corrected chi connectivity index (χ0v) is 13.9. The van der Waals surface area contributed by atoms with Crippen molar-refractivity contribution in [3.05, 3.63) is 29.8 Å². The van der Waals surface area contributed by atoms with Gasteiger partial charge in [0.1, 0.15) is 15.6 Å². The first-order chi connectivity index (χ1) is 10.8. The Morgan fingerprint density at radius 3 is 2.96 bits per heavy atom. The highest BCUT2D eigenvalue weighted by Crippen LogP contribution is 2.11. The third-order valence-electron chi connectivity index (χ3n) is 3.52. The van der Waals surface area contributed by atoms with Crippen LogP contribution in [-0.4, -0.2) is 68.8 Å². The maximum Gasteiger partial charge on any atom is 0.317 e. The van der Waals surface area contributed by atoms with Gasteiger partial charge in [0, 0.05) is 25.9 Å². The molecule has 1 saturated heterocycles. The number of morpholine rings is 1. The summed E-state index contributed by atoms with van der Waals surface area (Å²) in [6.07, 6.45) is 1.29. The first-order valence-electron chi connectivity index (χ1n) is 7.43. The van der Waals surface area contributed by atoms with E-state index in [-0.39, 0.29) is 24.1 Å². The Morgan fingerprint density at radius 2 is 2.26 bits per heavy atom. The second-order valence-electron chi connectivity index (χ2n) is 5.68. The summed E-state index contributed by atoms with van der Waals surface area (Å²) < 4.78 is 28.0. The molecular formula is C15H22N2O5S. The van der Waals surface area contributed by atoms with E-state index in [1.54, 1.807) is 23.1 Å². The van der Waals surface area contributed by atoms with E-state index < -0.39 is 15.9 Å². The van der Waals surface area contributed by atoms with Crippen molar-refractivity contribution in [3.63, 3.8) is 0 Å². The van der Waals surface area contributed by atoms with Gasteiger partial charge in [-0.2, -0.15) is 0 Å². The Bertz CT molecular complexity index is 647. The van der Waals surface area contributed by atoms with Gasteiger partial charge in [-0.15, -0.1) is 0 Å². The second-order valence-corrected chi connectivity index (χ2v) is 7.87. The second kappa shape index (κ2) is 7.65. The van der Waals surface area contributed by atoms with E-state index in [1.165, 1.54) is 0 Å². The predicted octanol–water partition coefficient (Wildman–Crippen LogP) is 0.390. The molecule has 1 aliphatic heterocycles. The summed E-state index contributed by atoms with van der Waals surface area (Å²) in [7, 11) is -3.14. The smallest absolute Gasteiger partial charge is 0.317 e. The van der Waals surface area contributed by atoms with E-state index in [4.69, 9.17) is 4.74 Å². The lowest BCUT2D eigenvalue weighted by Gasteiger charge is -2.32. The first-order valence-corrected chi connectivity index (χ1v) is 9.49. The van der Waals surface area contributed by atoms with Gasteiger partial charge < -0.3 is 20.1 Å². The third-order valence-corrected chi connectivity index (χ3v) is 4.49. The maximum atomic E-state index is 12.1. The number of carbonyl (C=O) groups excluding carboxylic acids is 1. The standard InChI is InChI=1S/C15H22N2O5S/c1-23(20,21)11-14-10-17(7-8-22-14)15(19)16-6-5-12-3-2-4-13(18)9-12/h2-4,9,14,18H,5-8,10-11H2,1H3,(H,16,19). The molecule has 1 aromatic carbocycles. The van der Waals surface area contributed by atoms with E-state index in [1.807, 2.05) is 6.07 Å². The number of rotatable bonds is 5. The van der Waals surface area contributed by atoms with Crippen LogP contribution >= 0.6 is 0 Å². The van der Waals surface area contributed by atoms with E-state index in [2.05, 4.69) is 5.32 Å². The molecule has 2 rings (SSSR count). The quantitative estimate of drug-likeness (QED) is 0.807. The van der Waals surface area contributed by atoms with Crippen LogP contribution < -0.4 is 5.32 Å². The lowest BCUT2D eigenvalue weighted by Crippen LogP contribution is -2.51. The van der Waals surface area contributed by atoms with Crippen LogP contribution in [0.1, 0.15) is 5.56 Å².